The molecule has 3 aromatic carbocycles. The molecule has 0 aliphatic rings. The fourth-order valence-electron chi connectivity index (χ4n) is 4.60. The van der Waals surface area contributed by atoms with Gasteiger partial charge in [-0.15, -0.1) is 0 Å². The number of aromatic hydroxyl groups is 1. The average molecular weight is 588 g/mol. The molecule has 0 spiro atoms. The molecule has 42 heavy (non-hydrogen) atoms. The van der Waals surface area contributed by atoms with Gasteiger partial charge in [-0.25, -0.2) is 0 Å². The van der Waals surface area contributed by atoms with Crippen LogP contribution in [0.4, 0.5) is 13.2 Å². The largest absolute Gasteiger partial charge is 0.504 e. The second-order valence-electron chi connectivity index (χ2n) is 10.2. The summed E-state index contributed by atoms with van der Waals surface area (Å²) in [5, 5.41) is 19.7. The number of methoxy groups -OCH3 is 1. The summed E-state index contributed by atoms with van der Waals surface area (Å²) < 4.78 is 50.9. The summed E-state index contributed by atoms with van der Waals surface area (Å²) in [6.07, 6.45) is -2.91. The molecule has 0 heterocycles. The highest BCUT2D eigenvalue weighted by molar-refractivity contribution is 5.86. The molecule has 0 saturated heterocycles. The lowest BCUT2D eigenvalue weighted by Gasteiger charge is -2.35. The summed E-state index contributed by atoms with van der Waals surface area (Å²) in [7, 11) is 1.46. The van der Waals surface area contributed by atoms with Crippen molar-refractivity contribution >= 4 is 5.91 Å². The number of alkyl halides is 3. The Bertz CT molecular complexity index is 1260. The zero-order valence-corrected chi connectivity index (χ0v) is 24.3. The van der Waals surface area contributed by atoms with E-state index in [1.807, 2.05) is 44.2 Å². The number of carbonyl (C=O) groups excluding carboxylic acids is 1. The summed E-state index contributed by atoms with van der Waals surface area (Å²) >= 11 is 0. The van der Waals surface area contributed by atoms with Crippen LogP contribution in [0.15, 0.2) is 72.8 Å². The number of hydrogen-bond donors (Lipinski definition) is 4. The minimum atomic E-state index is -4.48. The Hall–Kier alpha value is -3.76. The van der Waals surface area contributed by atoms with Crippen molar-refractivity contribution in [2.45, 2.75) is 64.0 Å². The molecule has 7 nitrogen and oxygen atoms in total. The smallest absolute Gasteiger partial charge is 0.416 e. The number of ether oxygens (including phenoxy) is 2. The topological polar surface area (TPSA) is 91.8 Å². The third-order valence-electron chi connectivity index (χ3n) is 6.94. The van der Waals surface area contributed by atoms with Crippen LogP contribution in [0.25, 0.3) is 0 Å². The molecule has 3 aromatic rings. The normalized spacial score (nSPS) is 13.7. The number of benzene rings is 3. The van der Waals surface area contributed by atoms with Crippen LogP contribution in [0.3, 0.4) is 0 Å². The van der Waals surface area contributed by atoms with Crippen LogP contribution in [0.2, 0.25) is 0 Å². The number of nitrogens with one attached hydrogen (secondary N) is 3. The molecule has 10 heteroatoms. The molecular formula is C32H40F3N3O4. The fourth-order valence-corrected chi connectivity index (χ4v) is 4.60. The van der Waals surface area contributed by atoms with Gasteiger partial charge in [0.05, 0.1) is 12.7 Å². The Morgan fingerprint density at radius 2 is 1.62 bits per heavy atom. The Labute approximate surface area is 245 Å². The van der Waals surface area contributed by atoms with E-state index in [4.69, 9.17) is 9.47 Å². The van der Waals surface area contributed by atoms with E-state index in [-0.39, 0.29) is 30.0 Å². The molecule has 2 atom stereocenters. The summed E-state index contributed by atoms with van der Waals surface area (Å²) in [5.74, 6) is 0.142. The minimum Gasteiger partial charge on any atom is -0.504 e. The van der Waals surface area contributed by atoms with Crippen LogP contribution >= 0.6 is 0 Å². The third-order valence-corrected chi connectivity index (χ3v) is 6.94. The SMILES string of the molecule is CCCC(CNCc1ccc(O)c(OC)c1)(Oc1ccc(C(F)(F)F)cc1)C(=O)NC(CC)CNCc1ccccc1. The van der Waals surface area contributed by atoms with E-state index < -0.39 is 17.3 Å². The summed E-state index contributed by atoms with van der Waals surface area (Å²) in [6.45, 7) is 5.49. The highest BCUT2D eigenvalue weighted by Gasteiger charge is 2.41. The van der Waals surface area contributed by atoms with Gasteiger partial charge in [-0.3, -0.25) is 4.79 Å². The van der Waals surface area contributed by atoms with Crippen LogP contribution in [-0.4, -0.2) is 42.9 Å². The monoisotopic (exact) mass is 587 g/mol. The lowest BCUT2D eigenvalue weighted by atomic mass is 9.95. The molecule has 4 N–H and O–H groups in total. The third kappa shape index (κ3) is 9.39. The predicted octanol–water partition coefficient (Wildman–Crippen LogP) is 5.81. The van der Waals surface area contributed by atoms with E-state index in [0.717, 1.165) is 23.3 Å². The van der Waals surface area contributed by atoms with Gasteiger partial charge in [-0.1, -0.05) is 56.7 Å². The maximum absolute atomic E-state index is 13.9. The van der Waals surface area contributed by atoms with Gasteiger partial charge in [0.1, 0.15) is 5.75 Å². The zero-order chi connectivity index (χ0) is 30.6. The van der Waals surface area contributed by atoms with Gasteiger partial charge < -0.3 is 30.5 Å². The molecule has 0 aliphatic carbocycles. The highest BCUT2D eigenvalue weighted by atomic mass is 19.4. The molecule has 0 bridgehead atoms. The number of phenols is 1. The van der Waals surface area contributed by atoms with Gasteiger partial charge in [0.15, 0.2) is 17.1 Å². The van der Waals surface area contributed by atoms with Gasteiger partial charge in [-0.2, -0.15) is 13.2 Å². The van der Waals surface area contributed by atoms with E-state index in [9.17, 15) is 23.1 Å². The van der Waals surface area contributed by atoms with Crippen LogP contribution in [0.5, 0.6) is 17.2 Å². The maximum atomic E-state index is 13.9. The van der Waals surface area contributed by atoms with E-state index in [1.54, 1.807) is 12.1 Å². The van der Waals surface area contributed by atoms with Crippen molar-refractivity contribution in [2.75, 3.05) is 20.2 Å². The van der Waals surface area contributed by atoms with Crippen molar-refractivity contribution < 1.29 is 32.5 Å². The van der Waals surface area contributed by atoms with Crippen LogP contribution in [-0.2, 0) is 24.1 Å². The molecule has 0 saturated carbocycles. The molecule has 1 amide bonds. The molecule has 228 valence electrons. The molecule has 0 aromatic heterocycles. The first-order valence-corrected chi connectivity index (χ1v) is 14.1. The Morgan fingerprint density at radius 3 is 2.24 bits per heavy atom. The summed E-state index contributed by atoms with van der Waals surface area (Å²) in [4.78, 5) is 13.9. The number of hydrogen-bond acceptors (Lipinski definition) is 6. The first kappa shape index (κ1) is 32.8. The number of amides is 1. The quantitative estimate of drug-likeness (QED) is 0.169. The van der Waals surface area contributed by atoms with E-state index in [2.05, 4.69) is 16.0 Å². The van der Waals surface area contributed by atoms with Crippen LogP contribution in [0.1, 0.15) is 49.8 Å². The number of carbonyl (C=O) groups is 1. The molecule has 0 fully saturated rings. The first-order valence-electron chi connectivity index (χ1n) is 14.1. The number of phenolic OH excluding ortho intramolecular Hbond substituents is 1. The Kier molecular flexibility index (Phi) is 12.1. The van der Waals surface area contributed by atoms with Gasteiger partial charge >= 0.3 is 6.18 Å². The minimum absolute atomic E-state index is 0.0121. The summed E-state index contributed by atoms with van der Waals surface area (Å²) in [6, 6.07) is 19.0. The standard InChI is InChI=1S/C32H40F3N3O4/c1-4-17-31(42-27-14-12-25(13-15-27)32(33,34)35,22-37-20-24-11-16-28(39)29(18-24)41-3)30(40)38-26(5-2)21-36-19-23-9-7-6-8-10-23/h6-16,18,26,36-37,39H,4-5,17,19-22H2,1-3H3,(H,38,40). The molecular weight excluding hydrogens is 547 g/mol. The van der Waals surface area contributed by atoms with Crippen molar-refractivity contribution in [2.24, 2.45) is 0 Å². The first-order chi connectivity index (χ1) is 20.1. The van der Waals surface area contributed by atoms with E-state index >= 15 is 0 Å². The number of rotatable bonds is 16. The molecule has 2 unspecified atom stereocenters. The second-order valence-corrected chi connectivity index (χ2v) is 10.2. The fraction of sp³-hybridized carbons (Fsp3) is 0.406. The van der Waals surface area contributed by atoms with Gasteiger partial charge in [-0.05, 0) is 60.4 Å². The second kappa shape index (κ2) is 15.5. The molecule has 3 rings (SSSR count). The van der Waals surface area contributed by atoms with Crippen molar-refractivity contribution in [1.29, 1.82) is 0 Å². The van der Waals surface area contributed by atoms with Gasteiger partial charge in [0, 0.05) is 32.2 Å². The number of halogens is 3. The van der Waals surface area contributed by atoms with Crippen molar-refractivity contribution in [3.8, 4) is 17.2 Å². The van der Waals surface area contributed by atoms with Crippen LogP contribution in [0, 0.1) is 0 Å². The maximum Gasteiger partial charge on any atom is 0.416 e. The lowest BCUT2D eigenvalue weighted by molar-refractivity contribution is -0.139. The van der Waals surface area contributed by atoms with Gasteiger partial charge in [0.25, 0.3) is 5.91 Å². The predicted molar refractivity (Wildman–Crippen MR) is 156 cm³/mol. The summed E-state index contributed by atoms with van der Waals surface area (Å²) in [5.41, 5.74) is -0.265. The molecule has 0 radical (unpaired) electrons. The van der Waals surface area contributed by atoms with Crippen molar-refractivity contribution in [3.63, 3.8) is 0 Å². The Balaban J connectivity index is 1.79. The van der Waals surface area contributed by atoms with E-state index in [1.165, 1.54) is 25.3 Å². The highest BCUT2D eigenvalue weighted by Crippen LogP contribution is 2.32. The van der Waals surface area contributed by atoms with Crippen LogP contribution < -0.4 is 25.4 Å². The average Bonchev–Trinajstić information content (AvgIpc) is 2.97. The zero-order valence-electron chi connectivity index (χ0n) is 24.3. The van der Waals surface area contributed by atoms with E-state index in [0.29, 0.717) is 44.6 Å². The molecule has 0 aliphatic heterocycles. The lowest BCUT2D eigenvalue weighted by Crippen LogP contribution is -2.59. The Morgan fingerprint density at radius 1 is 0.929 bits per heavy atom. The van der Waals surface area contributed by atoms with Gasteiger partial charge in [0.2, 0.25) is 0 Å². The van der Waals surface area contributed by atoms with Crippen molar-refractivity contribution in [1.82, 2.24) is 16.0 Å². The van der Waals surface area contributed by atoms with Crippen molar-refractivity contribution in [3.05, 3.63) is 89.5 Å².